The maximum absolute atomic E-state index is 10.3. The summed E-state index contributed by atoms with van der Waals surface area (Å²) >= 11 is 2.10. The molecule has 3 heteroatoms. The topological polar surface area (TPSA) is 37.3 Å². The van der Waals surface area contributed by atoms with Gasteiger partial charge in [-0.05, 0) is 30.8 Å². The lowest BCUT2D eigenvalue weighted by molar-refractivity contribution is -0.137. The third kappa shape index (κ3) is 17.8. The average molecular weight is 303 g/mol. The summed E-state index contributed by atoms with van der Waals surface area (Å²) in [6, 6.07) is 0. The van der Waals surface area contributed by atoms with Crippen LogP contribution in [0, 0.1) is 0 Å². The zero-order valence-corrected chi connectivity index (χ0v) is 14.2. The van der Waals surface area contributed by atoms with Crippen molar-refractivity contribution in [3.05, 3.63) is 0 Å². The lowest BCUT2D eigenvalue weighted by Gasteiger charge is -2.03. The summed E-state index contributed by atoms with van der Waals surface area (Å²) < 4.78 is 0. The van der Waals surface area contributed by atoms with Gasteiger partial charge in [0.2, 0.25) is 0 Å². The van der Waals surface area contributed by atoms with Crippen LogP contribution in [-0.4, -0.2) is 22.6 Å². The summed E-state index contributed by atoms with van der Waals surface area (Å²) in [6.45, 7) is 2.25. The maximum Gasteiger partial charge on any atom is 0.303 e. The molecule has 0 rings (SSSR count). The van der Waals surface area contributed by atoms with Gasteiger partial charge in [-0.25, -0.2) is 0 Å². The van der Waals surface area contributed by atoms with Crippen LogP contribution in [0.4, 0.5) is 0 Å². The second-order valence-corrected chi connectivity index (χ2v) is 6.87. The van der Waals surface area contributed by atoms with Gasteiger partial charge in [0.1, 0.15) is 0 Å². The summed E-state index contributed by atoms with van der Waals surface area (Å²) in [7, 11) is 0. The first kappa shape index (κ1) is 19.8. The zero-order chi connectivity index (χ0) is 14.9. The van der Waals surface area contributed by atoms with Crippen LogP contribution in [0.25, 0.3) is 0 Å². The van der Waals surface area contributed by atoms with Crippen LogP contribution in [0.1, 0.15) is 90.4 Å². The first-order chi connectivity index (χ1) is 9.77. The first-order valence-electron chi connectivity index (χ1n) is 8.57. The SMILES string of the molecule is CCCSCCCCCCCCCCCCCC(=O)O. The van der Waals surface area contributed by atoms with Crippen LogP contribution in [0.2, 0.25) is 0 Å². The minimum Gasteiger partial charge on any atom is -0.481 e. The molecule has 0 aromatic rings. The fourth-order valence-electron chi connectivity index (χ4n) is 2.32. The van der Waals surface area contributed by atoms with E-state index in [1.165, 1.54) is 75.7 Å². The van der Waals surface area contributed by atoms with Gasteiger partial charge in [0.15, 0.2) is 0 Å². The molecule has 0 aliphatic rings. The van der Waals surface area contributed by atoms with Crippen LogP contribution in [-0.2, 0) is 4.79 Å². The van der Waals surface area contributed by atoms with Gasteiger partial charge in [0.05, 0.1) is 0 Å². The van der Waals surface area contributed by atoms with E-state index in [1.807, 2.05) is 0 Å². The highest BCUT2D eigenvalue weighted by Crippen LogP contribution is 2.13. The molecule has 0 fully saturated rings. The highest BCUT2D eigenvalue weighted by Gasteiger charge is 1.97. The molecule has 0 bridgehead atoms. The highest BCUT2D eigenvalue weighted by atomic mass is 32.2. The third-order valence-corrected chi connectivity index (χ3v) is 4.80. The van der Waals surface area contributed by atoms with Gasteiger partial charge in [-0.3, -0.25) is 4.79 Å². The number of unbranched alkanes of at least 4 members (excludes halogenated alkanes) is 10. The fourth-order valence-corrected chi connectivity index (χ4v) is 3.22. The van der Waals surface area contributed by atoms with E-state index in [9.17, 15) is 4.79 Å². The number of hydrogen-bond acceptors (Lipinski definition) is 2. The van der Waals surface area contributed by atoms with Crippen LogP contribution in [0.3, 0.4) is 0 Å². The molecule has 0 saturated carbocycles. The number of hydrogen-bond donors (Lipinski definition) is 1. The van der Waals surface area contributed by atoms with Crippen molar-refractivity contribution in [3.8, 4) is 0 Å². The molecular formula is C17H34O2S. The molecule has 0 heterocycles. The Labute approximate surface area is 130 Å². The molecule has 0 spiro atoms. The second kappa shape index (κ2) is 16.9. The standard InChI is InChI=1S/C17H34O2S/c1-2-15-20-16-13-11-9-7-5-3-4-6-8-10-12-14-17(18)19/h2-16H2,1H3,(H,18,19). The highest BCUT2D eigenvalue weighted by molar-refractivity contribution is 7.99. The predicted molar refractivity (Wildman–Crippen MR) is 90.7 cm³/mol. The Hall–Kier alpha value is -0.180. The number of rotatable bonds is 16. The maximum atomic E-state index is 10.3. The van der Waals surface area contributed by atoms with E-state index in [1.54, 1.807) is 0 Å². The molecule has 0 aliphatic carbocycles. The molecule has 0 atom stereocenters. The fraction of sp³-hybridized carbons (Fsp3) is 0.941. The van der Waals surface area contributed by atoms with E-state index in [0.29, 0.717) is 6.42 Å². The van der Waals surface area contributed by atoms with E-state index in [2.05, 4.69) is 18.7 Å². The Bertz CT molecular complexity index is 207. The molecule has 0 aliphatic heterocycles. The van der Waals surface area contributed by atoms with E-state index in [4.69, 9.17) is 5.11 Å². The number of carboxylic acid groups (broad SMARTS) is 1. The number of carboxylic acids is 1. The van der Waals surface area contributed by atoms with Crippen LogP contribution < -0.4 is 0 Å². The van der Waals surface area contributed by atoms with Crippen LogP contribution in [0.5, 0.6) is 0 Å². The molecule has 20 heavy (non-hydrogen) atoms. The summed E-state index contributed by atoms with van der Waals surface area (Å²) in [4.78, 5) is 10.3. The Morgan fingerprint density at radius 1 is 0.750 bits per heavy atom. The van der Waals surface area contributed by atoms with E-state index in [0.717, 1.165) is 12.8 Å². The Morgan fingerprint density at radius 2 is 1.20 bits per heavy atom. The van der Waals surface area contributed by atoms with Crippen molar-refractivity contribution in [2.24, 2.45) is 0 Å². The molecule has 0 aromatic heterocycles. The van der Waals surface area contributed by atoms with Gasteiger partial charge in [0.25, 0.3) is 0 Å². The Morgan fingerprint density at radius 3 is 1.65 bits per heavy atom. The van der Waals surface area contributed by atoms with Gasteiger partial charge in [-0.15, -0.1) is 0 Å². The third-order valence-electron chi connectivity index (χ3n) is 3.53. The minimum absolute atomic E-state index is 0.344. The van der Waals surface area contributed by atoms with E-state index >= 15 is 0 Å². The molecule has 0 aromatic carbocycles. The van der Waals surface area contributed by atoms with Crippen molar-refractivity contribution in [2.45, 2.75) is 90.4 Å². The number of thioether (sulfide) groups is 1. The Balaban J connectivity index is 2.94. The predicted octanol–water partition coefficient (Wildman–Crippen LogP) is 5.90. The van der Waals surface area contributed by atoms with Gasteiger partial charge in [-0.1, -0.05) is 64.7 Å². The molecule has 120 valence electrons. The normalized spacial score (nSPS) is 10.8. The van der Waals surface area contributed by atoms with Crippen molar-refractivity contribution >= 4 is 17.7 Å². The van der Waals surface area contributed by atoms with Crippen molar-refractivity contribution in [1.29, 1.82) is 0 Å². The van der Waals surface area contributed by atoms with Crippen molar-refractivity contribution < 1.29 is 9.90 Å². The minimum atomic E-state index is -0.655. The van der Waals surface area contributed by atoms with Crippen molar-refractivity contribution in [3.63, 3.8) is 0 Å². The average Bonchev–Trinajstić information content (AvgIpc) is 2.43. The van der Waals surface area contributed by atoms with Gasteiger partial charge >= 0.3 is 5.97 Å². The smallest absolute Gasteiger partial charge is 0.303 e. The molecule has 0 amide bonds. The van der Waals surface area contributed by atoms with Gasteiger partial charge in [0, 0.05) is 6.42 Å². The lowest BCUT2D eigenvalue weighted by Crippen LogP contribution is -1.93. The van der Waals surface area contributed by atoms with E-state index < -0.39 is 5.97 Å². The molecular weight excluding hydrogens is 268 g/mol. The van der Waals surface area contributed by atoms with Gasteiger partial charge in [-0.2, -0.15) is 11.8 Å². The van der Waals surface area contributed by atoms with E-state index in [-0.39, 0.29) is 0 Å². The van der Waals surface area contributed by atoms with Gasteiger partial charge < -0.3 is 5.11 Å². The summed E-state index contributed by atoms with van der Waals surface area (Å²) in [5, 5.41) is 8.52. The molecule has 0 saturated heterocycles. The number of carbonyl (C=O) groups is 1. The van der Waals surface area contributed by atoms with Crippen molar-refractivity contribution in [2.75, 3.05) is 11.5 Å². The Kier molecular flexibility index (Phi) is 16.7. The largest absolute Gasteiger partial charge is 0.481 e. The zero-order valence-electron chi connectivity index (χ0n) is 13.4. The summed E-state index contributed by atoms with van der Waals surface area (Å²) in [5.41, 5.74) is 0. The second-order valence-electron chi connectivity index (χ2n) is 5.65. The quantitative estimate of drug-likeness (QED) is 0.361. The van der Waals surface area contributed by atoms with Crippen LogP contribution in [0.15, 0.2) is 0 Å². The molecule has 2 nitrogen and oxygen atoms in total. The van der Waals surface area contributed by atoms with Crippen LogP contribution >= 0.6 is 11.8 Å². The summed E-state index contributed by atoms with van der Waals surface area (Å²) in [6.07, 6.45) is 15.8. The summed E-state index contributed by atoms with van der Waals surface area (Å²) in [5.74, 6) is 2.02. The number of aliphatic carboxylic acids is 1. The van der Waals surface area contributed by atoms with Crippen molar-refractivity contribution in [1.82, 2.24) is 0 Å². The monoisotopic (exact) mass is 302 g/mol. The first-order valence-corrected chi connectivity index (χ1v) is 9.72. The molecule has 1 N–H and O–H groups in total. The molecule has 0 unspecified atom stereocenters. The lowest BCUT2D eigenvalue weighted by atomic mass is 10.1. The molecule has 0 radical (unpaired) electrons.